The third-order valence-electron chi connectivity index (χ3n) is 2.65. The maximum atomic E-state index is 12.2. The van der Waals surface area contributed by atoms with E-state index in [0.717, 1.165) is 0 Å². The molecule has 0 saturated carbocycles. The van der Waals surface area contributed by atoms with Crippen LogP contribution in [0.4, 0.5) is 5.69 Å². The van der Waals surface area contributed by atoms with Gasteiger partial charge in [0, 0.05) is 6.07 Å². The lowest BCUT2D eigenvalue weighted by atomic mass is 10.3. The molecule has 0 saturated heterocycles. The summed E-state index contributed by atoms with van der Waals surface area (Å²) in [6, 6.07) is 9.82. The molecule has 114 valence electrons. The van der Waals surface area contributed by atoms with Gasteiger partial charge in [0.1, 0.15) is 11.5 Å². The molecule has 2 N–H and O–H groups in total. The molecule has 0 spiro atoms. The molecule has 21 heavy (non-hydrogen) atoms. The Morgan fingerprint density at radius 3 is 2.76 bits per heavy atom. The quantitative estimate of drug-likeness (QED) is 0.819. The van der Waals surface area contributed by atoms with E-state index in [0.29, 0.717) is 30.3 Å². The Morgan fingerprint density at radius 2 is 2.05 bits per heavy atom. The summed E-state index contributed by atoms with van der Waals surface area (Å²) >= 11 is 0. The summed E-state index contributed by atoms with van der Waals surface area (Å²) in [4.78, 5) is 0. The van der Waals surface area contributed by atoms with Gasteiger partial charge < -0.3 is 14.5 Å². The van der Waals surface area contributed by atoms with Crippen molar-refractivity contribution >= 4 is 15.7 Å². The van der Waals surface area contributed by atoms with Gasteiger partial charge in [-0.15, -0.1) is 0 Å². The Morgan fingerprint density at radius 1 is 1.24 bits per heavy atom. The molecule has 0 aliphatic rings. The summed E-state index contributed by atoms with van der Waals surface area (Å²) in [5.41, 5.74) is 0.424. The molecule has 0 radical (unpaired) electrons. The molecule has 0 amide bonds. The first-order chi connectivity index (χ1) is 10.0. The zero-order valence-electron chi connectivity index (χ0n) is 11.9. The molecule has 0 aliphatic carbocycles. The van der Waals surface area contributed by atoms with Gasteiger partial charge in [0.15, 0.2) is 0 Å². The van der Waals surface area contributed by atoms with Gasteiger partial charge in [0.2, 0.25) is 5.09 Å². The van der Waals surface area contributed by atoms with Crippen molar-refractivity contribution < 1.29 is 17.6 Å². The van der Waals surface area contributed by atoms with Gasteiger partial charge in [0.05, 0.1) is 18.8 Å². The lowest BCUT2D eigenvalue weighted by Crippen LogP contribution is -2.12. The molecule has 0 fully saturated rings. The zero-order chi connectivity index (χ0) is 15.3. The highest BCUT2D eigenvalue weighted by molar-refractivity contribution is 7.92. The van der Waals surface area contributed by atoms with Gasteiger partial charge >= 0.3 is 0 Å². The van der Waals surface area contributed by atoms with Crippen molar-refractivity contribution in [2.75, 3.05) is 18.4 Å². The van der Waals surface area contributed by atoms with Crippen LogP contribution < -0.4 is 14.8 Å². The molecule has 0 atom stereocenters. The van der Waals surface area contributed by atoms with Crippen molar-refractivity contribution in [1.29, 1.82) is 0 Å². The van der Waals surface area contributed by atoms with E-state index in [-0.39, 0.29) is 5.09 Å². The van der Waals surface area contributed by atoms with Gasteiger partial charge in [-0.25, -0.2) is 0 Å². The largest absolute Gasteiger partial charge is 0.494 e. The zero-order valence-corrected chi connectivity index (χ0v) is 12.7. The summed E-state index contributed by atoms with van der Waals surface area (Å²) in [5.74, 6) is 1.16. The third-order valence-corrected chi connectivity index (χ3v) is 3.90. The van der Waals surface area contributed by atoms with Crippen LogP contribution in [0.15, 0.2) is 45.9 Å². The number of anilines is 1. The van der Waals surface area contributed by atoms with Crippen molar-refractivity contribution in [3.05, 3.63) is 42.2 Å². The monoisotopic (exact) mass is 310 g/mol. The molecule has 0 unspecified atom stereocenters. The number of nitrogens with one attached hydrogen (secondary N) is 2. The van der Waals surface area contributed by atoms with Crippen LogP contribution >= 0.6 is 0 Å². The normalized spacial score (nSPS) is 11.3. The van der Waals surface area contributed by atoms with E-state index in [9.17, 15) is 8.42 Å². The first-order valence-electron chi connectivity index (χ1n) is 6.54. The van der Waals surface area contributed by atoms with Crippen LogP contribution in [0, 0.1) is 0 Å². The number of ether oxygens (including phenoxy) is 1. The second-order valence-electron chi connectivity index (χ2n) is 4.32. The Balaban J connectivity index is 2.18. The second-order valence-corrected chi connectivity index (χ2v) is 5.93. The van der Waals surface area contributed by atoms with Crippen LogP contribution in [0.1, 0.15) is 12.7 Å². The molecule has 0 aliphatic heterocycles. The van der Waals surface area contributed by atoms with Crippen LogP contribution in [0.3, 0.4) is 0 Å². The highest BCUT2D eigenvalue weighted by Crippen LogP contribution is 2.22. The minimum atomic E-state index is -3.74. The summed E-state index contributed by atoms with van der Waals surface area (Å²) in [7, 11) is -1.98. The maximum absolute atomic E-state index is 12.2. The van der Waals surface area contributed by atoms with Gasteiger partial charge in [-0.2, -0.15) is 8.42 Å². The number of hydrogen-bond donors (Lipinski definition) is 2. The van der Waals surface area contributed by atoms with Crippen LogP contribution in [0.2, 0.25) is 0 Å². The molecule has 2 aromatic rings. The fraction of sp³-hybridized carbons (Fsp3) is 0.286. The van der Waals surface area contributed by atoms with Crippen LogP contribution in [-0.4, -0.2) is 22.1 Å². The predicted octanol–water partition coefficient (Wildman–Crippen LogP) is 2.20. The summed E-state index contributed by atoms with van der Waals surface area (Å²) in [5, 5.41) is 2.78. The minimum Gasteiger partial charge on any atom is -0.494 e. The third kappa shape index (κ3) is 3.99. The van der Waals surface area contributed by atoms with Crippen LogP contribution in [0.5, 0.6) is 5.75 Å². The lowest BCUT2D eigenvalue weighted by molar-refractivity contribution is 0.340. The molecule has 1 aromatic heterocycles. The second kappa shape index (κ2) is 6.64. The Kier molecular flexibility index (Phi) is 4.87. The van der Waals surface area contributed by atoms with E-state index in [4.69, 9.17) is 9.15 Å². The number of sulfonamides is 1. The number of hydrogen-bond acceptors (Lipinski definition) is 5. The molecule has 7 heteroatoms. The van der Waals surface area contributed by atoms with E-state index >= 15 is 0 Å². The minimum absolute atomic E-state index is 0.116. The average molecular weight is 310 g/mol. The molecule has 0 bridgehead atoms. The first kappa shape index (κ1) is 15.4. The fourth-order valence-corrected chi connectivity index (χ4v) is 2.80. The van der Waals surface area contributed by atoms with Crippen LogP contribution in [-0.2, 0) is 16.6 Å². The highest BCUT2D eigenvalue weighted by Gasteiger charge is 2.19. The summed E-state index contributed by atoms with van der Waals surface area (Å²) in [6.45, 7) is 2.85. The molecule has 6 nitrogen and oxygen atoms in total. The van der Waals surface area contributed by atoms with Crippen molar-refractivity contribution in [3.63, 3.8) is 0 Å². The van der Waals surface area contributed by atoms with Gasteiger partial charge in [-0.1, -0.05) is 6.07 Å². The average Bonchev–Trinajstić information content (AvgIpc) is 2.89. The topological polar surface area (TPSA) is 80.6 Å². The SMILES string of the molecule is CCOc1cccc(NS(=O)(=O)c2ccc(CNC)o2)c1. The van der Waals surface area contributed by atoms with Crippen molar-refractivity contribution in [1.82, 2.24) is 5.32 Å². The van der Waals surface area contributed by atoms with Crippen molar-refractivity contribution in [3.8, 4) is 5.75 Å². The maximum Gasteiger partial charge on any atom is 0.295 e. The molecule has 1 aromatic carbocycles. The van der Waals surface area contributed by atoms with Gasteiger partial charge in [-0.05, 0) is 38.2 Å². The molecular weight excluding hydrogens is 292 g/mol. The first-order valence-corrected chi connectivity index (χ1v) is 8.02. The van der Waals surface area contributed by atoms with E-state index < -0.39 is 10.0 Å². The smallest absolute Gasteiger partial charge is 0.295 e. The number of benzene rings is 1. The Labute approximate surface area is 124 Å². The summed E-state index contributed by atoms with van der Waals surface area (Å²) in [6.07, 6.45) is 0. The number of furan rings is 1. The summed E-state index contributed by atoms with van der Waals surface area (Å²) < 4.78 is 37.5. The van der Waals surface area contributed by atoms with E-state index in [1.165, 1.54) is 6.07 Å². The predicted molar refractivity (Wildman–Crippen MR) is 79.9 cm³/mol. The highest BCUT2D eigenvalue weighted by atomic mass is 32.2. The number of rotatable bonds is 7. The van der Waals surface area contributed by atoms with E-state index in [2.05, 4.69) is 10.0 Å². The van der Waals surface area contributed by atoms with E-state index in [1.807, 2.05) is 6.92 Å². The van der Waals surface area contributed by atoms with Gasteiger partial charge in [-0.3, -0.25) is 4.72 Å². The molecular formula is C14H18N2O4S. The fourth-order valence-electron chi connectivity index (χ4n) is 1.79. The molecule has 1 heterocycles. The Bertz CT molecular complexity index is 695. The standard InChI is InChI=1S/C14H18N2O4S/c1-3-19-12-6-4-5-11(9-12)16-21(17,18)14-8-7-13(20-14)10-15-2/h4-9,15-16H,3,10H2,1-2H3. The van der Waals surface area contributed by atoms with Crippen molar-refractivity contribution in [2.45, 2.75) is 18.6 Å². The lowest BCUT2D eigenvalue weighted by Gasteiger charge is -2.08. The van der Waals surface area contributed by atoms with Crippen molar-refractivity contribution in [2.24, 2.45) is 0 Å². The Hall–Kier alpha value is -1.99. The van der Waals surface area contributed by atoms with Gasteiger partial charge in [0.25, 0.3) is 10.0 Å². The van der Waals surface area contributed by atoms with E-state index in [1.54, 1.807) is 37.4 Å². The molecule has 2 rings (SSSR count). The van der Waals surface area contributed by atoms with Crippen LogP contribution in [0.25, 0.3) is 0 Å².